The molecule has 0 bridgehead atoms. The lowest BCUT2D eigenvalue weighted by molar-refractivity contribution is -0.274. The molecule has 4 rings (SSSR count). The van der Waals surface area contributed by atoms with Crippen molar-refractivity contribution in [2.24, 2.45) is 25.9 Å². The van der Waals surface area contributed by atoms with Gasteiger partial charge in [0.1, 0.15) is 17.9 Å². The van der Waals surface area contributed by atoms with Gasteiger partial charge in [-0.3, -0.25) is 0 Å². The Morgan fingerprint density at radius 1 is 1.00 bits per heavy atom. The number of alkyl halides is 3. The van der Waals surface area contributed by atoms with Gasteiger partial charge >= 0.3 is 6.36 Å². The number of aliphatic imine (C=N–C) groups is 2. The molecule has 11 heteroatoms. The number of nitrogens with zero attached hydrogens (tertiary/aromatic N) is 5. The second kappa shape index (κ2) is 12.6. The van der Waals surface area contributed by atoms with Crippen molar-refractivity contribution in [2.75, 3.05) is 17.2 Å². The fraction of sp³-hybridized carbons (Fsp3) is 0.214. The van der Waals surface area contributed by atoms with E-state index < -0.39 is 6.36 Å². The topological polar surface area (TPSA) is 87.9 Å². The number of rotatable bonds is 7. The van der Waals surface area contributed by atoms with Gasteiger partial charge in [0.15, 0.2) is 5.17 Å². The van der Waals surface area contributed by atoms with Crippen LogP contribution in [0.1, 0.15) is 28.7 Å². The number of hydrogen-bond acceptors (Lipinski definition) is 5. The summed E-state index contributed by atoms with van der Waals surface area (Å²) in [4.78, 5) is 10.4. The Bertz CT molecular complexity index is 1380. The number of nitrogens with two attached hydrogens (primary N) is 1. The predicted molar refractivity (Wildman–Crippen MR) is 154 cm³/mol. The van der Waals surface area contributed by atoms with Gasteiger partial charge in [0, 0.05) is 23.5 Å². The number of amidine groups is 2. The van der Waals surface area contributed by atoms with Crippen LogP contribution < -0.4 is 15.4 Å². The molecule has 1 heterocycles. The Labute approximate surface area is 229 Å². The first kappa shape index (κ1) is 27.9. The lowest BCUT2D eigenvalue weighted by Gasteiger charge is -2.31. The van der Waals surface area contributed by atoms with Gasteiger partial charge in [-0.2, -0.15) is 5.10 Å². The van der Waals surface area contributed by atoms with E-state index in [1.807, 2.05) is 24.3 Å². The molecule has 3 aromatic carbocycles. The highest BCUT2D eigenvalue weighted by Crippen LogP contribution is 2.30. The normalized spacial score (nSPS) is 16.0. The summed E-state index contributed by atoms with van der Waals surface area (Å²) in [7, 11) is 0. The van der Waals surface area contributed by atoms with Gasteiger partial charge in [-0.25, -0.2) is 9.98 Å². The smallest absolute Gasteiger partial charge is 0.406 e. The summed E-state index contributed by atoms with van der Waals surface area (Å²) in [5.74, 6) is 0.919. The number of aryl methyl sites for hydroxylation is 2. The standard InChI is InChI=1S/C28H27F3N6OS/c1-19-5-3-6-20(2)25(19)37-15-4-16-39-27(37)36-35-17-21-7-9-22(10-8-21)26(32)34-18-33-23-11-13-24(14-12-23)38-28(29,30)31/h3,5-14,17-18H,4,15-16H2,1-2H3,(H2,32,33,34)/b35-17-,36-27+. The van der Waals surface area contributed by atoms with E-state index in [1.54, 1.807) is 18.0 Å². The molecule has 0 radical (unpaired) electrons. The SMILES string of the molecule is Cc1cccc(C)c1N1CCCS/C1=N/N=C\c1ccc(C(N)=NC=Nc2ccc(OC(F)(F)F)cc2)cc1. The van der Waals surface area contributed by atoms with Gasteiger partial charge < -0.3 is 15.4 Å². The molecular formula is C28H27F3N6OS. The van der Waals surface area contributed by atoms with Crippen LogP contribution in [0.5, 0.6) is 5.75 Å². The van der Waals surface area contributed by atoms with Crippen LogP contribution in [0.25, 0.3) is 0 Å². The largest absolute Gasteiger partial charge is 0.573 e. The molecule has 1 aliphatic rings. The van der Waals surface area contributed by atoms with Gasteiger partial charge in [-0.15, -0.1) is 18.3 Å². The molecule has 7 nitrogen and oxygen atoms in total. The number of anilines is 1. The van der Waals surface area contributed by atoms with Crippen molar-refractivity contribution in [3.63, 3.8) is 0 Å². The van der Waals surface area contributed by atoms with E-state index >= 15 is 0 Å². The first-order chi connectivity index (χ1) is 18.7. The van der Waals surface area contributed by atoms with Crippen molar-refractivity contribution < 1.29 is 17.9 Å². The number of thioether (sulfide) groups is 1. The molecular weight excluding hydrogens is 525 g/mol. The first-order valence-corrected chi connectivity index (χ1v) is 13.1. The first-order valence-electron chi connectivity index (χ1n) is 12.1. The monoisotopic (exact) mass is 552 g/mol. The summed E-state index contributed by atoms with van der Waals surface area (Å²) in [6, 6.07) is 18.7. The van der Waals surface area contributed by atoms with Crippen molar-refractivity contribution >= 4 is 46.7 Å². The van der Waals surface area contributed by atoms with E-state index in [4.69, 9.17) is 5.73 Å². The molecule has 0 spiro atoms. The number of ether oxygens (including phenoxy) is 1. The minimum Gasteiger partial charge on any atom is -0.406 e. The third-order valence-electron chi connectivity index (χ3n) is 5.73. The zero-order chi connectivity index (χ0) is 27.8. The van der Waals surface area contributed by atoms with Gasteiger partial charge in [0.2, 0.25) is 0 Å². The van der Waals surface area contributed by atoms with Gasteiger partial charge in [0.25, 0.3) is 0 Å². The van der Waals surface area contributed by atoms with E-state index in [9.17, 15) is 13.2 Å². The highest BCUT2D eigenvalue weighted by molar-refractivity contribution is 8.14. The van der Waals surface area contributed by atoms with Crippen LogP contribution in [0.3, 0.4) is 0 Å². The van der Waals surface area contributed by atoms with Crippen LogP contribution in [-0.4, -0.2) is 42.2 Å². The average molecular weight is 553 g/mol. The second-order valence-electron chi connectivity index (χ2n) is 8.64. The van der Waals surface area contributed by atoms with Gasteiger partial charge in [-0.05, 0) is 61.2 Å². The van der Waals surface area contributed by atoms with Crippen LogP contribution in [0.15, 0.2) is 86.9 Å². The third kappa shape index (κ3) is 7.93. The highest BCUT2D eigenvalue weighted by Gasteiger charge is 2.31. The van der Waals surface area contributed by atoms with Crippen molar-refractivity contribution in [3.8, 4) is 5.75 Å². The molecule has 0 saturated carbocycles. The van der Waals surface area contributed by atoms with E-state index in [0.717, 1.165) is 29.4 Å². The molecule has 2 N–H and O–H groups in total. The molecule has 1 fully saturated rings. The zero-order valence-electron chi connectivity index (χ0n) is 21.4. The summed E-state index contributed by atoms with van der Waals surface area (Å²) in [5, 5.41) is 9.72. The Morgan fingerprint density at radius 3 is 2.36 bits per heavy atom. The summed E-state index contributed by atoms with van der Waals surface area (Å²) in [6.07, 6.45) is -0.728. The van der Waals surface area contributed by atoms with E-state index in [2.05, 4.69) is 61.9 Å². The molecule has 0 aromatic heterocycles. The Morgan fingerprint density at radius 2 is 1.69 bits per heavy atom. The quantitative estimate of drug-likeness (QED) is 0.203. The second-order valence-corrected chi connectivity index (χ2v) is 9.71. The zero-order valence-corrected chi connectivity index (χ0v) is 22.2. The number of para-hydroxylation sites is 1. The molecule has 202 valence electrons. The van der Waals surface area contributed by atoms with Crippen molar-refractivity contribution in [1.29, 1.82) is 0 Å². The van der Waals surface area contributed by atoms with E-state index in [0.29, 0.717) is 11.3 Å². The van der Waals surface area contributed by atoms with Crippen molar-refractivity contribution in [2.45, 2.75) is 26.6 Å². The van der Waals surface area contributed by atoms with Gasteiger partial charge in [-0.1, -0.05) is 54.2 Å². The van der Waals surface area contributed by atoms with Crippen LogP contribution in [0.4, 0.5) is 24.5 Å². The van der Waals surface area contributed by atoms with E-state index in [-0.39, 0.29) is 11.6 Å². The molecule has 0 aliphatic carbocycles. The maximum absolute atomic E-state index is 12.3. The molecule has 0 amide bonds. The number of hydrogen-bond donors (Lipinski definition) is 1. The molecule has 0 unspecified atom stereocenters. The summed E-state index contributed by atoms with van der Waals surface area (Å²) < 4.78 is 40.6. The van der Waals surface area contributed by atoms with E-state index in [1.165, 1.54) is 47.4 Å². The maximum atomic E-state index is 12.3. The van der Waals surface area contributed by atoms with Crippen LogP contribution in [0.2, 0.25) is 0 Å². The van der Waals surface area contributed by atoms with Crippen LogP contribution in [0, 0.1) is 13.8 Å². The molecule has 1 saturated heterocycles. The molecule has 1 aliphatic heterocycles. The fourth-order valence-electron chi connectivity index (χ4n) is 3.93. The molecule has 3 aromatic rings. The lowest BCUT2D eigenvalue weighted by Crippen LogP contribution is -2.35. The fourth-order valence-corrected chi connectivity index (χ4v) is 4.83. The summed E-state index contributed by atoms with van der Waals surface area (Å²) in [6.45, 7) is 5.12. The van der Waals surface area contributed by atoms with Crippen LogP contribution >= 0.6 is 11.8 Å². The van der Waals surface area contributed by atoms with Crippen LogP contribution in [-0.2, 0) is 0 Å². The predicted octanol–water partition coefficient (Wildman–Crippen LogP) is 6.60. The maximum Gasteiger partial charge on any atom is 0.573 e. The Balaban J connectivity index is 1.38. The highest BCUT2D eigenvalue weighted by atomic mass is 32.2. The Hall–Kier alpha value is -4.12. The minimum absolute atomic E-state index is 0.238. The van der Waals surface area contributed by atoms with Crippen molar-refractivity contribution in [1.82, 2.24) is 0 Å². The Kier molecular flexibility index (Phi) is 9.03. The summed E-state index contributed by atoms with van der Waals surface area (Å²) in [5.41, 5.74) is 11.6. The average Bonchev–Trinajstić information content (AvgIpc) is 2.90. The van der Waals surface area contributed by atoms with Crippen molar-refractivity contribution in [3.05, 3.63) is 89.0 Å². The lowest BCUT2D eigenvalue weighted by atomic mass is 10.1. The summed E-state index contributed by atoms with van der Waals surface area (Å²) >= 11 is 1.70. The molecule has 39 heavy (non-hydrogen) atoms. The minimum atomic E-state index is -4.74. The van der Waals surface area contributed by atoms with Gasteiger partial charge in [0.05, 0.1) is 11.9 Å². The number of benzene rings is 3. The number of halogens is 3. The third-order valence-corrected chi connectivity index (χ3v) is 6.78. The molecule has 0 atom stereocenters.